The highest BCUT2D eigenvalue weighted by molar-refractivity contribution is 5.78. The summed E-state index contributed by atoms with van der Waals surface area (Å²) in [4.78, 5) is 11.8. The number of esters is 1. The van der Waals surface area contributed by atoms with Gasteiger partial charge in [-0.25, -0.2) is 4.79 Å². The maximum atomic E-state index is 11.8. The molecule has 0 saturated heterocycles. The SMILES string of the molecule is CCOC(=O)C(C)Nc1ccc(CCc2cccc(-c3c(C)cccc3C)c2)cc1. The second-order valence-electron chi connectivity index (χ2n) is 7.78. The van der Waals surface area contributed by atoms with Gasteiger partial charge in [0.05, 0.1) is 6.61 Å². The van der Waals surface area contributed by atoms with E-state index in [2.05, 4.69) is 73.8 Å². The van der Waals surface area contributed by atoms with Gasteiger partial charge in [0.25, 0.3) is 0 Å². The number of aryl methyl sites for hydroxylation is 4. The first-order chi connectivity index (χ1) is 14.5. The number of carbonyl (C=O) groups excluding carboxylic acids is 1. The van der Waals surface area contributed by atoms with Gasteiger partial charge in [0, 0.05) is 5.69 Å². The van der Waals surface area contributed by atoms with Crippen molar-refractivity contribution in [3.05, 3.63) is 89.0 Å². The van der Waals surface area contributed by atoms with E-state index in [9.17, 15) is 4.79 Å². The lowest BCUT2D eigenvalue weighted by atomic mass is 9.93. The van der Waals surface area contributed by atoms with Crippen molar-refractivity contribution >= 4 is 11.7 Å². The molecule has 0 spiro atoms. The summed E-state index contributed by atoms with van der Waals surface area (Å²) in [6.07, 6.45) is 1.97. The van der Waals surface area contributed by atoms with E-state index in [4.69, 9.17) is 4.74 Å². The molecule has 0 aliphatic rings. The Labute approximate surface area is 180 Å². The van der Waals surface area contributed by atoms with Crippen molar-refractivity contribution in [2.45, 2.75) is 46.6 Å². The summed E-state index contributed by atoms with van der Waals surface area (Å²) in [5.74, 6) is -0.231. The van der Waals surface area contributed by atoms with Gasteiger partial charge in [-0.3, -0.25) is 0 Å². The maximum Gasteiger partial charge on any atom is 0.328 e. The van der Waals surface area contributed by atoms with Crippen LogP contribution in [0.25, 0.3) is 11.1 Å². The van der Waals surface area contributed by atoms with Crippen LogP contribution in [0.1, 0.15) is 36.1 Å². The average Bonchev–Trinajstić information content (AvgIpc) is 2.73. The van der Waals surface area contributed by atoms with Crippen LogP contribution in [0.3, 0.4) is 0 Å². The average molecular weight is 402 g/mol. The molecule has 1 unspecified atom stereocenters. The molecule has 0 aliphatic heterocycles. The summed E-state index contributed by atoms with van der Waals surface area (Å²) in [6, 6.07) is 23.3. The van der Waals surface area contributed by atoms with Crippen molar-refractivity contribution in [1.82, 2.24) is 0 Å². The fraction of sp³-hybridized carbons (Fsp3) is 0.296. The van der Waals surface area contributed by atoms with Crippen LogP contribution in [0.15, 0.2) is 66.7 Å². The Bertz CT molecular complexity index is 972. The van der Waals surface area contributed by atoms with Gasteiger partial charge in [-0.2, -0.15) is 0 Å². The van der Waals surface area contributed by atoms with Gasteiger partial charge >= 0.3 is 5.97 Å². The fourth-order valence-corrected chi connectivity index (χ4v) is 3.78. The number of benzene rings is 3. The molecule has 3 rings (SSSR count). The molecule has 1 N–H and O–H groups in total. The predicted octanol–water partition coefficient (Wildman–Crippen LogP) is 6.12. The molecule has 3 heteroatoms. The molecule has 3 aromatic carbocycles. The van der Waals surface area contributed by atoms with Crippen LogP contribution in [0.2, 0.25) is 0 Å². The van der Waals surface area contributed by atoms with E-state index in [-0.39, 0.29) is 12.0 Å². The molecule has 30 heavy (non-hydrogen) atoms. The van der Waals surface area contributed by atoms with Crippen molar-refractivity contribution in [2.24, 2.45) is 0 Å². The summed E-state index contributed by atoms with van der Waals surface area (Å²) in [6.45, 7) is 8.38. The number of ether oxygens (including phenoxy) is 1. The molecule has 0 fully saturated rings. The monoisotopic (exact) mass is 401 g/mol. The van der Waals surface area contributed by atoms with Crippen molar-refractivity contribution in [2.75, 3.05) is 11.9 Å². The Morgan fingerprint density at radius 1 is 0.900 bits per heavy atom. The van der Waals surface area contributed by atoms with Gasteiger partial charge in [-0.1, -0.05) is 54.6 Å². The molecule has 0 bridgehead atoms. The van der Waals surface area contributed by atoms with Crippen LogP contribution in [0, 0.1) is 13.8 Å². The van der Waals surface area contributed by atoms with Crippen molar-refractivity contribution < 1.29 is 9.53 Å². The third kappa shape index (κ3) is 5.50. The molecule has 0 saturated carbocycles. The first-order valence-corrected chi connectivity index (χ1v) is 10.7. The third-order valence-corrected chi connectivity index (χ3v) is 5.38. The smallest absolute Gasteiger partial charge is 0.328 e. The number of nitrogens with one attached hydrogen (secondary N) is 1. The minimum atomic E-state index is -0.358. The Morgan fingerprint density at radius 2 is 1.53 bits per heavy atom. The molecule has 0 aliphatic carbocycles. The third-order valence-electron chi connectivity index (χ3n) is 5.38. The van der Waals surface area contributed by atoms with Crippen LogP contribution < -0.4 is 5.32 Å². The predicted molar refractivity (Wildman–Crippen MR) is 125 cm³/mol. The van der Waals surface area contributed by atoms with Crippen LogP contribution in [0.4, 0.5) is 5.69 Å². The van der Waals surface area contributed by atoms with Crippen LogP contribution >= 0.6 is 0 Å². The zero-order chi connectivity index (χ0) is 21.5. The zero-order valence-electron chi connectivity index (χ0n) is 18.4. The highest BCUT2D eigenvalue weighted by atomic mass is 16.5. The number of carbonyl (C=O) groups is 1. The molecule has 0 amide bonds. The molecule has 1 atom stereocenters. The van der Waals surface area contributed by atoms with Gasteiger partial charge < -0.3 is 10.1 Å². The van der Waals surface area contributed by atoms with Crippen LogP contribution in [-0.4, -0.2) is 18.6 Å². The lowest BCUT2D eigenvalue weighted by molar-refractivity contribution is -0.143. The van der Waals surface area contributed by atoms with E-state index in [0.717, 1.165) is 18.5 Å². The second kappa shape index (κ2) is 10.1. The van der Waals surface area contributed by atoms with Gasteiger partial charge in [0.2, 0.25) is 0 Å². The van der Waals surface area contributed by atoms with Crippen LogP contribution in [0.5, 0.6) is 0 Å². The van der Waals surface area contributed by atoms with E-state index in [1.807, 2.05) is 26.0 Å². The summed E-state index contributed by atoms with van der Waals surface area (Å²) in [7, 11) is 0. The van der Waals surface area contributed by atoms with E-state index < -0.39 is 0 Å². The molecule has 0 heterocycles. The Hall–Kier alpha value is -3.07. The molecule has 3 aromatic rings. The highest BCUT2D eigenvalue weighted by Crippen LogP contribution is 2.28. The maximum absolute atomic E-state index is 11.8. The van der Waals surface area contributed by atoms with Gasteiger partial charge in [0.1, 0.15) is 6.04 Å². The minimum Gasteiger partial charge on any atom is -0.464 e. The summed E-state index contributed by atoms with van der Waals surface area (Å²) < 4.78 is 5.04. The molecular weight excluding hydrogens is 370 g/mol. The lowest BCUT2D eigenvalue weighted by Crippen LogP contribution is -2.28. The Balaban J connectivity index is 1.63. The normalized spacial score (nSPS) is 11.7. The number of rotatable bonds is 8. The van der Waals surface area contributed by atoms with Crippen molar-refractivity contribution in [3.63, 3.8) is 0 Å². The summed E-state index contributed by atoms with van der Waals surface area (Å²) in [5, 5.41) is 3.19. The number of hydrogen-bond acceptors (Lipinski definition) is 3. The molecular formula is C27H31NO2. The van der Waals surface area contributed by atoms with Gasteiger partial charge in [-0.05, 0) is 86.1 Å². The van der Waals surface area contributed by atoms with Crippen molar-refractivity contribution in [1.29, 1.82) is 0 Å². The van der Waals surface area contributed by atoms with E-state index in [1.165, 1.54) is 33.4 Å². The minimum absolute atomic E-state index is 0.231. The van der Waals surface area contributed by atoms with Gasteiger partial charge in [-0.15, -0.1) is 0 Å². The largest absolute Gasteiger partial charge is 0.464 e. The molecule has 0 radical (unpaired) electrons. The number of hydrogen-bond donors (Lipinski definition) is 1. The quantitative estimate of drug-likeness (QED) is 0.462. The van der Waals surface area contributed by atoms with Crippen molar-refractivity contribution in [3.8, 4) is 11.1 Å². The second-order valence-corrected chi connectivity index (χ2v) is 7.78. The van der Waals surface area contributed by atoms with Gasteiger partial charge in [0.15, 0.2) is 0 Å². The Morgan fingerprint density at radius 3 is 2.20 bits per heavy atom. The highest BCUT2D eigenvalue weighted by Gasteiger charge is 2.13. The van der Waals surface area contributed by atoms with E-state index in [1.54, 1.807) is 0 Å². The summed E-state index contributed by atoms with van der Waals surface area (Å²) >= 11 is 0. The van der Waals surface area contributed by atoms with E-state index >= 15 is 0 Å². The van der Waals surface area contributed by atoms with Crippen LogP contribution in [-0.2, 0) is 22.4 Å². The molecule has 0 aromatic heterocycles. The first-order valence-electron chi connectivity index (χ1n) is 10.7. The molecule has 3 nitrogen and oxygen atoms in total. The standard InChI is InChI=1S/C27H31NO2/c1-5-30-27(29)21(4)28-25-16-14-22(15-17-25)12-13-23-10-7-11-24(18-23)26-19(2)8-6-9-20(26)3/h6-11,14-18,21,28H,5,12-13H2,1-4H3. The number of anilines is 1. The molecule has 156 valence electrons. The fourth-order valence-electron chi connectivity index (χ4n) is 3.78. The van der Waals surface area contributed by atoms with E-state index in [0.29, 0.717) is 6.61 Å². The summed E-state index contributed by atoms with van der Waals surface area (Å²) in [5.41, 5.74) is 8.80. The first kappa shape index (κ1) is 21.6. The zero-order valence-corrected chi connectivity index (χ0v) is 18.4. The Kier molecular flexibility index (Phi) is 7.29. The lowest BCUT2D eigenvalue weighted by Gasteiger charge is -2.14. The topological polar surface area (TPSA) is 38.3 Å².